The highest BCUT2D eigenvalue weighted by Crippen LogP contribution is 2.47. The molecule has 1 amide bonds. The lowest BCUT2D eigenvalue weighted by Crippen LogP contribution is -2.48. The number of phenols is 1. The van der Waals surface area contributed by atoms with Gasteiger partial charge < -0.3 is 34.3 Å². The highest BCUT2D eigenvalue weighted by molar-refractivity contribution is 6.04. The summed E-state index contributed by atoms with van der Waals surface area (Å²) >= 11 is 0. The zero-order valence-corrected chi connectivity index (χ0v) is 27.8. The summed E-state index contributed by atoms with van der Waals surface area (Å²) < 4.78 is 56.2. The predicted molar refractivity (Wildman–Crippen MR) is 184 cm³/mol. The van der Waals surface area contributed by atoms with Crippen LogP contribution in [0.2, 0.25) is 0 Å². The fraction of sp³-hybridized carbons (Fsp3) is 0.405. The van der Waals surface area contributed by atoms with Gasteiger partial charge in [0.05, 0.1) is 50.7 Å². The molecular formula is C37H36F2N6O6. The minimum absolute atomic E-state index is 0.0313. The molecule has 51 heavy (non-hydrogen) atoms. The van der Waals surface area contributed by atoms with Crippen molar-refractivity contribution in [1.29, 1.82) is 0 Å². The van der Waals surface area contributed by atoms with E-state index < -0.39 is 23.7 Å². The molecule has 3 fully saturated rings. The van der Waals surface area contributed by atoms with Gasteiger partial charge in [0.25, 0.3) is 0 Å². The number of fused-ring (bicyclic) bond motifs is 3. The summed E-state index contributed by atoms with van der Waals surface area (Å²) in [6, 6.07) is 4.47. The molecule has 0 radical (unpaired) electrons. The number of carbonyl (C=O) groups is 1. The van der Waals surface area contributed by atoms with Gasteiger partial charge in [-0.2, -0.15) is 9.97 Å². The van der Waals surface area contributed by atoms with Crippen molar-refractivity contribution in [3.05, 3.63) is 54.1 Å². The van der Waals surface area contributed by atoms with Gasteiger partial charge in [-0.3, -0.25) is 9.69 Å². The summed E-state index contributed by atoms with van der Waals surface area (Å²) in [7, 11) is 0. The molecule has 4 aromatic rings. The van der Waals surface area contributed by atoms with Crippen molar-refractivity contribution in [1.82, 2.24) is 25.2 Å². The maximum absolute atomic E-state index is 17.2. The second-order valence-corrected chi connectivity index (χ2v) is 13.5. The van der Waals surface area contributed by atoms with Crippen molar-refractivity contribution in [2.24, 2.45) is 5.41 Å². The van der Waals surface area contributed by atoms with Gasteiger partial charge in [-0.25, -0.2) is 13.8 Å². The predicted octanol–water partition coefficient (Wildman–Crippen LogP) is 3.57. The summed E-state index contributed by atoms with van der Waals surface area (Å²) in [4.78, 5) is 30.6. The van der Waals surface area contributed by atoms with Crippen molar-refractivity contribution in [2.45, 2.75) is 24.9 Å². The fourth-order valence-electron chi connectivity index (χ4n) is 7.18. The minimum atomic E-state index is -0.861. The first-order valence-corrected chi connectivity index (χ1v) is 16.9. The van der Waals surface area contributed by atoms with Crippen LogP contribution >= 0.6 is 0 Å². The van der Waals surface area contributed by atoms with E-state index >= 15 is 8.78 Å². The number of aromatic hydroxyl groups is 1. The Bertz CT molecular complexity index is 2100. The molecule has 1 saturated carbocycles. The van der Waals surface area contributed by atoms with Gasteiger partial charge >= 0.3 is 6.01 Å². The van der Waals surface area contributed by atoms with Crippen LogP contribution in [0.25, 0.3) is 32.9 Å². The van der Waals surface area contributed by atoms with Gasteiger partial charge in [0.1, 0.15) is 40.6 Å². The number of anilines is 1. The number of amides is 1. The van der Waals surface area contributed by atoms with Crippen LogP contribution in [0.4, 0.5) is 14.6 Å². The third-order valence-corrected chi connectivity index (χ3v) is 9.99. The highest BCUT2D eigenvalue weighted by atomic mass is 19.1. The summed E-state index contributed by atoms with van der Waals surface area (Å²) in [5, 5.41) is 14.4. The molecule has 8 rings (SSSR count). The summed E-state index contributed by atoms with van der Waals surface area (Å²) in [5.74, 6) is 0.616. The van der Waals surface area contributed by atoms with Crippen LogP contribution in [0.3, 0.4) is 0 Å². The lowest BCUT2D eigenvalue weighted by Gasteiger charge is -2.31. The van der Waals surface area contributed by atoms with Gasteiger partial charge in [0.2, 0.25) is 11.8 Å². The van der Waals surface area contributed by atoms with Crippen molar-refractivity contribution < 1.29 is 37.6 Å². The molecule has 1 aliphatic carbocycles. The van der Waals surface area contributed by atoms with Crippen LogP contribution in [0, 0.1) is 29.4 Å². The standard InChI is InChI=1S/C37H36F2N6O6/c1-3-25-27(38)6-5-21-13-24(46)14-26(29(21)25)32-31(39)33-30-34(43-36(42-33)51-20-37(7-8-37)19-44-9-11-48-12-10-44)45-15-22(40-28(47)4-2)16-49-17-23(45)18-50-35(30)41-32/h1,4-6,13-14,22-23,46H,2,7-12,15-20H2,(H,40,47)/t22-,23-/m0/s1. The quantitative estimate of drug-likeness (QED) is 0.207. The molecule has 2 atom stereocenters. The molecule has 3 aliphatic heterocycles. The van der Waals surface area contributed by atoms with Crippen LogP contribution < -0.4 is 19.7 Å². The van der Waals surface area contributed by atoms with Gasteiger partial charge in [0.15, 0.2) is 5.82 Å². The van der Waals surface area contributed by atoms with Crippen molar-refractivity contribution in [3.63, 3.8) is 0 Å². The average Bonchev–Trinajstić information content (AvgIpc) is 3.94. The van der Waals surface area contributed by atoms with E-state index in [0.717, 1.165) is 32.5 Å². The second kappa shape index (κ2) is 13.2. The first-order chi connectivity index (χ1) is 24.8. The number of ether oxygens (including phenoxy) is 4. The number of hydrogen-bond donors (Lipinski definition) is 2. The number of pyridine rings is 1. The zero-order valence-electron chi connectivity index (χ0n) is 27.8. The maximum atomic E-state index is 17.2. The summed E-state index contributed by atoms with van der Waals surface area (Å²) in [5.41, 5.74) is -0.505. The molecule has 264 valence electrons. The summed E-state index contributed by atoms with van der Waals surface area (Å²) in [6.45, 7) is 8.56. The van der Waals surface area contributed by atoms with E-state index in [2.05, 4.69) is 32.7 Å². The Balaban J connectivity index is 1.27. The summed E-state index contributed by atoms with van der Waals surface area (Å²) in [6.07, 6.45) is 8.86. The number of hydrogen-bond acceptors (Lipinski definition) is 11. The number of nitrogens with zero attached hydrogens (tertiary/aromatic N) is 5. The van der Waals surface area contributed by atoms with E-state index in [-0.39, 0.29) is 88.4 Å². The normalized spacial score (nSPS) is 21.2. The minimum Gasteiger partial charge on any atom is -0.508 e. The smallest absolute Gasteiger partial charge is 0.319 e. The Hall–Kier alpha value is -5.10. The molecule has 2 saturated heterocycles. The Kier molecular flexibility index (Phi) is 8.57. The molecule has 12 nitrogen and oxygen atoms in total. The van der Waals surface area contributed by atoms with Gasteiger partial charge in [0, 0.05) is 42.5 Å². The zero-order chi connectivity index (χ0) is 35.3. The molecule has 0 unspecified atom stereocenters. The number of nitrogens with one attached hydrogen (secondary N) is 1. The topological polar surface area (TPSA) is 131 Å². The highest BCUT2D eigenvalue weighted by Gasteiger charge is 2.45. The van der Waals surface area contributed by atoms with E-state index in [1.54, 1.807) is 0 Å². The number of carbonyl (C=O) groups excluding carboxylic acids is 1. The molecule has 2 aromatic heterocycles. The second-order valence-electron chi connectivity index (χ2n) is 13.5. The van der Waals surface area contributed by atoms with E-state index in [9.17, 15) is 9.90 Å². The number of benzene rings is 2. The van der Waals surface area contributed by atoms with Crippen molar-refractivity contribution in [2.75, 3.05) is 70.7 Å². The van der Waals surface area contributed by atoms with Crippen LogP contribution in [0.5, 0.6) is 17.6 Å². The Labute approximate surface area is 292 Å². The SMILES string of the molecule is C#Cc1c(F)ccc2cc(O)cc(-c3nc4c5c(nc(OCC6(CN7CCOCC7)CC6)nc5c3F)N3C[C@H](NC(=O)C=C)COC[C@H]3CO4)c12. The number of aromatic nitrogens is 3. The van der Waals surface area contributed by atoms with E-state index in [1.165, 1.54) is 30.3 Å². The molecule has 0 bridgehead atoms. The number of morpholine rings is 1. The fourth-order valence-corrected chi connectivity index (χ4v) is 7.18. The molecule has 5 heterocycles. The van der Waals surface area contributed by atoms with Crippen LogP contribution in [-0.4, -0.2) is 109 Å². The lowest BCUT2D eigenvalue weighted by atomic mass is 9.95. The van der Waals surface area contributed by atoms with Crippen molar-refractivity contribution >= 4 is 33.4 Å². The van der Waals surface area contributed by atoms with E-state index in [0.29, 0.717) is 31.0 Å². The Morgan fingerprint density at radius 1 is 1.14 bits per heavy atom. The number of halogens is 2. The molecule has 14 heteroatoms. The van der Waals surface area contributed by atoms with Gasteiger partial charge in [-0.1, -0.05) is 18.6 Å². The Morgan fingerprint density at radius 2 is 1.96 bits per heavy atom. The maximum Gasteiger partial charge on any atom is 0.319 e. The molecule has 0 spiro atoms. The monoisotopic (exact) mass is 698 g/mol. The van der Waals surface area contributed by atoms with Crippen LogP contribution in [0.15, 0.2) is 36.9 Å². The largest absolute Gasteiger partial charge is 0.508 e. The third kappa shape index (κ3) is 6.26. The van der Waals surface area contributed by atoms with E-state index in [1.807, 2.05) is 4.90 Å². The molecule has 2 aromatic carbocycles. The Morgan fingerprint density at radius 3 is 2.73 bits per heavy atom. The van der Waals surface area contributed by atoms with Crippen molar-refractivity contribution in [3.8, 4) is 41.2 Å². The lowest BCUT2D eigenvalue weighted by molar-refractivity contribution is -0.117. The first-order valence-electron chi connectivity index (χ1n) is 16.9. The van der Waals surface area contributed by atoms with E-state index in [4.69, 9.17) is 30.4 Å². The number of rotatable bonds is 8. The first kappa shape index (κ1) is 33.1. The van der Waals surface area contributed by atoms with Crippen LogP contribution in [-0.2, 0) is 14.3 Å². The number of terminal acetylenes is 1. The van der Waals surface area contributed by atoms with Crippen LogP contribution in [0.1, 0.15) is 18.4 Å². The number of phenolic OH excluding ortho intramolecular Hbond substituents is 1. The van der Waals surface area contributed by atoms with Gasteiger partial charge in [-0.05, 0) is 42.5 Å². The van der Waals surface area contributed by atoms with Gasteiger partial charge in [-0.15, -0.1) is 6.42 Å². The molecule has 2 N–H and O–H groups in total. The third-order valence-electron chi connectivity index (χ3n) is 9.99. The average molecular weight is 699 g/mol. The molecule has 4 aliphatic rings. The molecular weight excluding hydrogens is 662 g/mol.